The highest BCUT2D eigenvalue weighted by atomic mass is 79.9. The molecular weight excluding hydrogens is 326 g/mol. The van der Waals surface area contributed by atoms with E-state index in [1.807, 2.05) is 24.3 Å². The van der Waals surface area contributed by atoms with Crippen molar-refractivity contribution in [3.8, 4) is 0 Å². The fourth-order valence-corrected chi connectivity index (χ4v) is 3.24. The van der Waals surface area contributed by atoms with Gasteiger partial charge in [0.2, 0.25) is 0 Å². The lowest BCUT2D eigenvalue weighted by Gasteiger charge is -2.24. The van der Waals surface area contributed by atoms with Crippen LogP contribution in [0.5, 0.6) is 0 Å². The lowest BCUT2D eigenvalue weighted by molar-refractivity contribution is 0.0984. The maximum Gasteiger partial charge on any atom is 0.164 e. The van der Waals surface area contributed by atoms with E-state index in [2.05, 4.69) is 52.0 Å². The highest BCUT2D eigenvalue weighted by Crippen LogP contribution is 2.31. The van der Waals surface area contributed by atoms with Crippen LogP contribution in [0.15, 0.2) is 53.0 Å². The molecule has 0 radical (unpaired) electrons. The van der Waals surface area contributed by atoms with Gasteiger partial charge in [0, 0.05) is 34.7 Å². The molecule has 0 aromatic heterocycles. The number of carbonyl (C=O) groups is 1. The Labute approximate surface area is 133 Å². The van der Waals surface area contributed by atoms with E-state index in [1.165, 1.54) is 11.3 Å². The second kappa shape index (κ2) is 6.02. The van der Waals surface area contributed by atoms with Crippen molar-refractivity contribution in [2.45, 2.75) is 25.8 Å². The molecule has 108 valence electrons. The van der Waals surface area contributed by atoms with Crippen molar-refractivity contribution in [1.82, 2.24) is 0 Å². The Hall–Kier alpha value is -1.61. The van der Waals surface area contributed by atoms with Crippen molar-refractivity contribution in [2.75, 3.05) is 11.4 Å². The van der Waals surface area contributed by atoms with E-state index in [0.717, 1.165) is 23.0 Å². The lowest BCUT2D eigenvalue weighted by Crippen LogP contribution is -2.31. The molecule has 3 heteroatoms. The molecule has 2 aromatic carbocycles. The Balaban J connectivity index is 1.68. The largest absolute Gasteiger partial charge is 0.368 e. The molecule has 0 bridgehead atoms. The van der Waals surface area contributed by atoms with Gasteiger partial charge in [0.1, 0.15) is 0 Å². The van der Waals surface area contributed by atoms with Gasteiger partial charge in [0.25, 0.3) is 0 Å². The van der Waals surface area contributed by atoms with Crippen LogP contribution in [0, 0.1) is 0 Å². The van der Waals surface area contributed by atoms with Crippen molar-refractivity contribution in [3.05, 3.63) is 64.1 Å². The lowest BCUT2D eigenvalue weighted by atomic mass is 10.1. The van der Waals surface area contributed by atoms with Crippen LogP contribution in [0.2, 0.25) is 0 Å². The molecule has 0 N–H and O–H groups in total. The van der Waals surface area contributed by atoms with Gasteiger partial charge in [-0.3, -0.25) is 4.79 Å². The molecule has 1 aliphatic heterocycles. The number of nitrogens with zero attached hydrogens (tertiary/aromatic N) is 1. The van der Waals surface area contributed by atoms with Crippen LogP contribution in [0.1, 0.15) is 29.3 Å². The first-order valence-corrected chi connectivity index (χ1v) is 8.08. The Morgan fingerprint density at radius 3 is 2.67 bits per heavy atom. The summed E-state index contributed by atoms with van der Waals surface area (Å²) in [6.45, 7) is 3.01. The molecule has 3 rings (SSSR count). The molecule has 1 heterocycles. The normalized spacial score (nSPS) is 16.9. The predicted octanol–water partition coefficient (Wildman–Crippen LogP) is 4.47. The monoisotopic (exact) mass is 343 g/mol. The molecule has 0 aliphatic carbocycles. The summed E-state index contributed by atoms with van der Waals surface area (Å²) in [5.41, 5.74) is 3.47. The zero-order valence-electron chi connectivity index (χ0n) is 12.1. The minimum Gasteiger partial charge on any atom is -0.368 e. The van der Waals surface area contributed by atoms with E-state index < -0.39 is 0 Å². The van der Waals surface area contributed by atoms with Gasteiger partial charge in [0.05, 0.1) is 0 Å². The van der Waals surface area contributed by atoms with E-state index in [1.54, 1.807) is 0 Å². The number of hydrogen-bond acceptors (Lipinski definition) is 2. The van der Waals surface area contributed by atoms with E-state index in [4.69, 9.17) is 0 Å². The van der Waals surface area contributed by atoms with Gasteiger partial charge in [0.15, 0.2) is 5.78 Å². The van der Waals surface area contributed by atoms with Gasteiger partial charge in [-0.05, 0) is 37.1 Å². The van der Waals surface area contributed by atoms with Crippen LogP contribution in [0.25, 0.3) is 0 Å². The minimum atomic E-state index is 0.207. The molecule has 0 fully saturated rings. The first-order valence-electron chi connectivity index (χ1n) is 7.28. The zero-order valence-corrected chi connectivity index (χ0v) is 13.6. The predicted molar refractivity (Wildman–Crippen MR) is 90.0 cm³/mol. The van der Waals surface area contributed by atoms with Crippen molar-refractivity contribution in [3.63, 3.8) is 0 Å². The molecular formula is C18H18BrNO. The number of Topliss-reactive ketones (excluding diaryl/α,β-unsaturated/α-hetero) is 1. The fourth-order valence-electron chi connectivity index (χ4n) is 2.97. The van der Waals surface area contributed by atoms with Gasteiger partial charge in [-0.15, -0.1) is 0 Å². The molecule has 0 saturated heterocycles. The number of para-hydroxylation sites is 1. The third-order valence-electron chi connectivity index (χ3n) is 4.09. The summed E-state index contributed by atoms with van der Waals surface area (Å²) in [5, 5.41) is 0. The van der Waals surface area contributed by atoms with Gasteiger partial charge in [-0.25, -0.2) is 0 Å². The third kappa shape index (κ3) is 3.03. The number of ketones is 1. The van der Waals surface area contributed by atoms with Crippen LogP contribution in [0.3, 0.4) is 0 Å². The topological polar surface area (TPSA) is 20.3 Å². The number of rotatable bonds is 4. The highest BCUT2D eigenvalue weighted by molar-refractivity contribution is 9.10. The Kier molecular flexibility index (Phi) is 4.11. The summed E-state index contributed by atoms with van der Waals surface area (Å²) in [6, 6.07) is 16.6. The molecule has 1 atom stereocenters. The first-order chi connectivity index (χ1) is 10.1. The van der Waals surface area contributed by atoms with E-state index in [0.29, 0.717) is 12.5 Å². The van der Waals surface area contributed by atoms with Crippen molar-refractivity contribution in [2.24, 2.45) is 0 Å². The summed E-state index contributed by atoms with van der Waals surface area (Å²) in [6.07, 6.45) is 1.63. The summed E-state index contributed by atoms with van der Waals surface area (Å²) >= 11 is 3.39. The first kappa shape index (κ1) is 14.3. The van der Waals surface area contributed by atoms with E-state index in [9.17, 15) is 4.79 Å². The SMILES string of the molecule is CC1Cc2ccccc2N1CCC(=O)c1ccc(Br)cc1. The Bertz CT molecular complexity index is 651. The standard InChI is InChI=1S/C18H18BrNO/c1-13-12-15-4-2-3-5-17(15)20(13)11-10-18(21)14-6-8-16(19)9-7-14/h2-9,13H,10-12H2,1H3. The van der Waals surface area contributed by atoms with Gasteiger partial charge < -0.3 is 4.90 Å². The zero-order chi connectivity index (χ0) is 14.8. The summed E-state index contributed by atoms with van der Waals surface area (Å²) in [5.74, 6) is 0.207. The van der Waals surface area contributed by atoms with Gasteiger partial charge in [-0.1, -0.05) is 46.3 Å². The quantitative estimate of drug-likeness (QED) is 0.763. The fraction of sp³-hybridized carbons (Fsp3) is 0.278. The third-order valence-corrected chi connectivity index (χ3v) is 4.62. The average molecular weight is 344 g/mol. The van der Waals surface area contributed by atoms with Crippen molar-refractivity contribution >= 4 is 27.4 Å². The number of halogens is 1. The number of hydrogen-bond donors (Lipinski definition) is 0. The molecule has 1 unspecified atom stereocenters. The Morgan fingerprint density at radius 1 is 1.19 bits per heavy atom. The van der Waals surface area contributed by atoms with E-state index >= 15 is 0 Å². The summed E-state index contributed by atoms with van der Waals surface area (Å²) in [7, 11) is 0. The maximum atomic E-state index is 12.3. The number of benzene rings is 2. The minimum absolute atomic E-state index is 0.207. The van der Waals surface area contributed by atoms with Gasteiger partial charge >= 0.3 is 0 Å². The smallest absolute Gasteiger partial charge is 0.164 e. The highest BCUT2D eigenvalue weighted by Gasteiger charge is 2.25. The molecule has 21 heavy (non-hydrogen) atoms. The molecule has 1 aliphatic rings. The number of carbonyl (C=O) groups excluding carboxylic acids is 1. The van der Waals surface area contributed by atoms with Gasteiger partial charge in [-0.2, -0.15) is 0 Å². The number of fused-ring (bicyclic) bond motifs is 1. The van der Waals surface area contributed by atoms with Crippen molar-refractivity contribution in [1.29, 1.82) is 0 Å². The van der Waals surface area contributed by atoms with Crippen LogP contribution in [-0.2, 0) is 6.42 Å². The molecule has 0 saturated carbocycles. The average Bonchev–Trinajstić information content (AvgIpc) is 2.81. The van der Waals surface area contributed by atoms with Crippen LogP contribution in [0.4, 0.5) is 5.69 Å². The summed E-state index contributed by atoms with van der Waals surface area (Å²) < 4.78 is 1.00. The Morgan fingerprint density at radius 2 is 1.90 bits per heavy atom. The second-order valence-electron chi connectivity index (χ2n) is 5.56. The molecule has 2 aromatic rings. The number of anilines is 1. The maximum absolute atomic E-state index is 12.3. The second-order valence-corrected chi connectivity index (χ2v) is 6.47. The molecule has 0 amide bonds. The summed E-state index contributed by atoms with van der Waals surface area (Å²) in [4.78, 5) is 14.6. The van der Waals surface area contributed by atoms with Crippen LogP contribution in [-0.4, -0.2) is 18.4 Å². The van der Waals surface area contributed by atoms with Crippen LogP contribution >= 0.6 is 15.9 Å². The molecule has 2 nitrogen and oxygen atoms in total. The van der Waals surface area contributed by atoms with E-state index in [-0.39, 0.29) is 5.78 Å². The van der Waals surface area contributed by atoms with Crippen LogP contribution < -0.4 is 4.90 Å². The van der Waals surface area contributed by atoms with Crippen molar-refractivity contribution < 1.29 is 4.79 Å². The molecule has 0 spiro atoms.